The fourth-order valence-corrected chi connectivity index (χ4v) is 4.01. The Morgan fingerprint density at radius 3 is 1.15 bits per heavy atom. The SMILES string of the molecule is O=C1C=C(O)c2ccccc2C1=O.O=C1C=C(O)c2ccccc2C1=O.O=C1CC(=O)c2ccccc2C1=O. The lowest BCUT2D eigenvalue weighted by Crippen LogP contribution is -2.26. The van der Waals surface area contributed by atoms with Crippen LogP contribution in [0.5, 0.6) is 0 Å². The van der Waals surface area contributed by atoms with Gasteiger partial charge in [-0.05, 0) is 0 Å². The van der Waals surface area contributed by atoms with E-state index in [1.165, 1.54) is 18.2 Å². The Morgan fingerprint density at radius 1 is 0.410 bits per heavy atom. The zero-order valence-corrected chi connectivity index (χ0v) is 20.0. The Bertz CT molecular complexity index is 1580. The summed E-state index contributed by atoms with van der Waals surface area (Å²) in [4.78, 5) is 78.0. The van der Waals surface area contributed by atoms with E-state index in [-0.39, 0.29) is 40.4 Å². The molecule has 0 aliphatic heterocycles. The predicted octanol–water partition coefficient (Wildman–Crippen LogP) is 3.73. The first-order valence-electron chi connectivity index (χ1n) is 11.5. The van der Waals surface area contributed by atoms with Crippen LogP contribution in [0.1, 0.15) is 59.0 Å². The zero-order valence-electron chi connectivity index (χ0n) is 20.0. The monoisotopic (exact) mass is 522 g/mol. The Hall–Kier alpha value is -5.57. The molecule has 192 valence electrons. The molecule has 0 spiro atoms. The molecule has 3 aliphatic carbocycles. The normalized spacial score (nSPS) is 15.4. The van der Waals surface area contributed by atoms with Gasteiger partial charge in [0.25, 0.3) is 0 Å². The molecule has 0 bridgehead atoms. The van der Waals surface area contributed by atoms with Gasteiger partial charge in [0.05, 0.1) is 6.42 Å². The molecular weight excluding hydrogens is 504 g/mol. The Morgan fingerprint density at radius 2 is 0.744 bits per heavy atom. The first kappa shape index (κ1) is 26.5. The molecule has 3 aromatic carbocycles. The van der Waals surface area contributed by atoms with Crippen molar-refractivity contribution in [2.75, 3.05) is 0 Å². The van der Waals surface area contributed by atoms with Crippen LogP contribution < -0.4 is 0 Å². The molecular formula is C30H18O9. The molecule has 9 heteroatoms. The number of benzene rings is 3. The van der Waals surface area contributed by atoms with Gasteiger partial charge < -0.3 is 10.2 Å². The second-order valence-corrected chi connectivity index (χ2v) is 8.43. The number of Topliss-reactive ketones (excluding diaryl/α,β-unsaturated/α-hetero) is 5. The molecule has 0 radical (unpaired) electrons. The molecule has 3 aliphatic rings. The number of allylic oxidation sites excluding steroid dienone is 2. The molecule has 0 amide bonds. The molecule has 0 heterocycles. The van der Waals surface area contributed by atoms with Crippen LogP contribution in [0.3, 0.4) is 0 Å². The average Bonchev–Trinajstić information content (AvgIpc) is 2.94. The van der Waals surface area contributed by atoms with Crippen molar-refractivity contribution in [3.8, 4) is 0 Å². The zero-order chi connectivity index (χ0) is 28.3. The summed E-state index contributed by atoms with van der Waals surface area (Å²) < 4.78 is 0. The third-order valence-corrected chi connectivity index (χ3v) is 5.92. The summed E-state index contributed by atoms with van der Waals surface area (Å²) in [5.41, 5.74) is 2.00. The van der Waals surface area contributed by atoms with Gasteiger partial charge in [0.1, 0.15) is 11.5 Å². The van der Waals surface area contributed by atoms with Gasteiger partial charge in [-0.1, -0.05) is 72.8 Å². The first-order chi connectivity index (χ1) is 18.6. The number of carbonyl (C=O) groups excluding carboxylic acids is 7. The first-order valence-corrected chi connectivity index (χ1v) is 11.5. The molecule has 0 fully saturated rings. The number of hydrogen-bond donors (Lipinski definition) is 2. The van der Waals surface area contributed by atoms with Crippen molar-refractivity contribution in [1.29, 1.82) is 0 Å². The minimum Gasteiger partial charge on any atom is -0.507 e. The lowest BCUT2D eigenvalue weighted by Gasteiger charge is -2.11. The fourth-order valence-electron chi connectivity index (χ4n) is 4.01. The van der Waals surface area contributed by atoms with Crippen molar-refractivity contribution in [3.63, 3.8) is 0 Å². The van der Waals surface area contributed by atoms with E-state index in [1.54, 1.807) is 54.6 Å². The van der Waals surface area contributed by atoms with E-state index in [0.717, 1.165) is 12.2 Å². The van der Waals surface area contributed by atoms with E-state index in [1.807, 2.05) is 0 Å². The average molecular weight is 522 g/mol. The molecule has 0 atom stereocenters. The van der Waals surface area contributed by atoms with Gasteiger partial charge in [0, 0.05) is 45.5 Å². The predicted molar refractivity (Wildman–Crippen MR) is 137 cm³/mol. The van der Waals surface area contributed by atoms with Crippen molar-refractivity contribution in [3.05, 3.63) is 118 Å². The van der Waals surface area contributed by atoms with Gasteiger partial charge in [0.15, 0.2) is 5.78 Å². The van der Waals surface area contributed by atoms with Crippen molar-refractivity contribution in [2.24, 2.45) is 0 Å². The van der Waals surface area contributed by atoms with Gasteiger partial charge in [-0.3, -0.25) is 33.6 Å². The number of carbonyl (C=O) groups is 7. The van der Waals surface area contributed by atoms with Crippen molar-refractivity contribution in [1.82, 2.24) is 0 Å². The summed E-state index contributed by atoms with van der Waals surface area (Å²) in [6, 6.07) is 19.4. The largest absolute Gasteiger partial charge is 0.507 e. The van der Waals surface area contributed by atoms with E-state index >= 15 is 0 Å². The van der Waals surface area contributed by atoms with Crippen LogP contribution in [-0.2, 0) is 14.4 Å². The Labute approximate surface area is 220 Å². The van der Waals surface area contributed by atoms with Gasteiger partial charge in [-0.2, -0.15) is 0 Å². The Balaban J connectivity index is 0.000000136. The molecule has 0 saturated carbocycles. The number of fused-ring (bicyclic) bond motifs is 3. The molecule has 0 saturated heterocycles. The van der Waals surface area contributed by atoms with Crippen molar-refractivity contribution >= 4 is 52.0 Å². The summed E-state index contributed by atoms with van der Waals surface area (Å²) in [5.74, 6) is -4.16. The minimum atomic E-state index is -0.670. The summed E-state index contributed by atoms with van der Waals surface area (Å²) >= 11 is 0. The number of ketones is 7. The highest BCUT2D eigenvalue weighted by Crippen LogP contribution is 2.23. The lowest BCUT2D eigenvalue weighted by molar-refractivity contribution is -0.114. The van der Waals surface area contributed by atoms with Crippen LogP contribution in [0.4, 0.5) is 0 Å². The smallest absolute Gasteiger partial charge is 0.233 e. The van der Waals surface area contributed by atoms with Crippen LogP contribution in [0, 0.1) is 0 Å². The molecule has 0 unspecified atom stereocenters. The van der Waals surface area contributed by atoms with Gasteiger partial charge in [-0.15, -0.1) is 0 Å². The second-order valence-electron chi connectivity index (χ2n) is 8.43. The Kier molecular flexibility index (Phi) is 7.35. The maximum Gasteiger partial charge on any atom is 0.233 e. The summed E-state index contributed by atoms with van der Waals surface area (Å²) in [7, 11) is 0. The molecule has 9 nitrogen and oxygen atoms in total. The number of hydrogen-bond acceptors (Lipinski definition) is 9. The fraction of sp³-hybridized carbons (Fsp3) is 0.0333. The quantitative estimate of drug-likeness (QED) is 0.331. The van der Waals surface area contributed by atoms with Crippen molar-refractivity contribution in [2.45, 2.75) is 6.42 Å². The van der Waals surface area contributed by atoms with Crippen LogP contribution in [-0.4, -0.2) is 50.7 Å². The van der Waals surface area contributed by atoms with E-state index in [0.29, 0.717) is 16.7 Å². The van der Waals surface area contributed by atoms with Crippen LogP contribution in [0.2, 0.25) is 0 Å². The van der Waals surface area contributed by atoms with Crippen LogP contribution in [0.25, 0.3) is 11.5 Å². The maximum atomic E-state index is 11.3. The highest BCUT2D eigenvalue weighted by Gasteiger charge is 2.30. The number of rotatable bonds is 0. The van der Waals surface area contributed by atoms with E-state index in [2.05, 4.69) is 0 Å². The van der Waals surface area contributed by atoms with Gasteiger partial charge >= 0.3 is 0 Å². The molecule has 2 N–H and O–H groups in total. The molecule has 39 heavy (non-hydrogen) atoms. The van der Waals surface area contributed by atoms with E-state index in [9.17, 15) is 43.8 Å². The van der Waals surface area contributed by atoms with Crippen molar-refractivity contribution < 1.29 is 43.8 Å². The van der Waals surface area contributed by atoms with Crippen LogP contribution >= 0.6 is 0 Å². The minimum absolute atomic E-state index is 0.139. The standard InChI is InChI=1S/3C10H6O3/c3*11-8-5-9(12)10(13)7-4-2-1-3-6(7)8/h1-4H,5H2;2*1-5,11H. The van der Waals surface area contributed by atoms with Gasteiger partial charge in [-0.25, -0.2) is 0 Å². The van der Waals surface area contributed by atoms with Gasteiger partial charge in [0.2, 0.25) is 34.7 Å². The summed E-state index contributed by atoms with van der Waals surface area (Å²) in [5, 5.41) is 18.7. The van der Waals surface area contributed by atoms with E-state index < -0.39 is 34.7 Å². The molecule has 6 rings (SSSR count). The molecule has 0 aromatic heterocycles. The van der Waals surface area contributed by atoms with E-state index in [4.69, 9.17) is 0 Å². The number of aliphatic hydroxyl groups is 2. The highest BCUT2D eigenvalue weighted by molar-refractivity contribution is 6.51. The van der Waals surface area contributed by atoms with Crippen LogP contribution in [0.15, 0.2) is 84.9 Å². The lowest BCUT2D eigenvalue weighted by atomic mass is 9.89. The topological polar surface area (TPSA) is 160 Å². The maximum absolute atomic E-state index is 11.3. The second kappa shape index (κ2) is 10.8. The highest BCUT2D eigenvalue weighted by atomic mass is 16.3. The molecule has 3 aromatic rings. The summed E-state index contributed by atoms with van der Waals surface area (Å²) in [6.45, 7) is 0. The third-order valence-electron chi connectivity index (χ3n) is 5.92. The number of aliphatic hydroxyl groups excluding tert-OH is 2. The third kappa shape index (κ3) is 5.28. The summed E-state index contributed by atoms with van der Waals surface area (Å²) in [6.07, 6.45) is 1.62.